The molecule has 0 N–H and O–H groups in total. The quantitative estimate of drug-likeness (QED) is 0.824. The zero-order valence-electron chi connectivity index (χ0n) is 15.0. The summed E-state index contributed by atoms with van der Waals surface area (Å²) in [4.78, 5) is 16.6. The molecule has 2 aromatic rings. The second kappa shape index (κ2) is 8.08. The summed E-state index contributed by atoms with van der Waals surface area (Å²) in [5.74, 6) is 0.339. The first-order valence-corrected chi connectivity index (χ1v) is 8.67. The highest BCUT2D eigenvalue weighted by Crippen LogP contribution is 2.21. The number of nitrogens with zero attached hydrogens (tertiary/aromatic N) is 2. The van der Waals surface area contributed by atoms with Gasteiger partial charge in [0.1, 0.15) is 5.75 Å². The molecular weight excluding hydrogens is 335 g/mol. The fourth-order valence-electron chi connectivity index (χ4n) is 3.02. The van der Waals surface area contributed by atoms with Crippen molar-refractivity contribution in [1.29, 1.82) is 0 Å². The third-order valence-electron chi connectivity index (χ3n) is 4.52. The Labute approximate surface area is 152 Å². The van der Waals surface area contributed by atoms with Gasteiger partial charge < -0.3 is 19.3 Å². The molecule has 1 unspecified atom stereocenters. The van der Waals surface area contributed by atoms with Crippen LogP contribution in [0.15, 0.2) is 48.5 Å². The molecule has 1 atom stereocenters. The van der Waals surface area contributed by atoms with Gasteiger partial charge in [0.15, 0.2) is 17.7 Å². The maximum atomic E-state index is 13.7. The average Bonchev–Trinajstić information content (AvgIpc) is 2.69. The monoisotopic (exact) mass is 358 g/mol. The number of methoxy groups -OCH3 is 1. The highest BCUT2D eigenvalue weighted by atomic mass is 19.1. The third-order valence-corrected chi connectivity index (χ3v) is 4.52. The summed E-state index contributed by atoms with van der Waals surface area (Å²) in [6.45, 7) is 4.35. The Morgan fingerprint density at radius 2 is 1.69 bits per heavy atom. The van der Waals surface area contributed by atoms with Crippen molar-refractivity contribution in [2.75, 3.05) is 38.2 Å². The normalized spacial score (nSPS) is 15.5. The van der Waals surface area contributed by atoms with E-state index in [4.69, 9.17) is 9.47 Å². The summed E-state index contributed by atoms with van der Waals surface area (Å²) in [6, 6.07) is 14.0. The zero-order valence-corrected chi connectivity index (χ0v) is 15.0. The van der Waals surface area contributed by atoms with E-state index < -0.39 is 11.9 Å². The number of benzene rings is 2. The number of rotatable bonds is 5. The minimum Gasteiger partial charge on any atom is -0.497 e. The molecule has 1 amide bonds. The summed E-state index contributed by atoms with van der Waals surface area (Å²) in [6.07, 6.45) is -0.723. The van der Waals surface area contributed by atoms with Crippen molar-refractivity contribution in [3.63, 3.8) is 0 Å². The predicted octanol–water partition coefficient (Wildman–Crippen LogP) is 2.95. The lowest BCUT2D eigenvalue weighted by Gasteiger charge is -2.37. The molecule has 5 nitrogen and oxygen atoms in total. The van der Waals surface area contributed by atoms with E-state index in [0.29, 0.717) is 13.1 Å². The first kappa shape index (κ1) is 18.0. The molecule has 1 aliphatic rings. The van der Waals surface area contributed by atoms with Gasteiger partial charge in [-0.25, -0.2) is 4.39 Å². The number of carbonyl (C=O) groups excluding carboxylic acids is 1. The van der Waals surface area contributed by atoms with Gasteiger partial charge in [-0.15, -0.1) is 0 Å². The molecule has 0 radical (unpaired) electrons. The molecule has 0 aromatic heterocycles. The lowest BCUT2D eigenvalue weighted by Crippen LogP contribution is -2.52. The molecule has 26 heavy (non-hydrogen) atoms. The molecule has 2 aromatic carbocycles. The molecule has 0 bridgehead atoms. The molecule has 138 valence electrons. The Morgan fingerprint density at radius 1 is 1.04 bits per heavy atom. The van der Waals surface area contributed by atoms with Crippen LogP contribution in [-0.2, 0) is 4.79 Å². The van der Waals surface area contributed by atoms with Crippen molar-refractivity contribution in [2.45, 2.75) is 13.0 Å². The molecule has 1 aliphatic heterocycles. The van der Waals surface area contributed by atoms with E-state index in [1.165, 1.54) is 12.1 Å². The molecule has 3 rings (SSSR count). The number of hydrogen-bond donors (Lipinski definition) is 0. The molecule has 0 saturated carbocycles. The second-order valence-corrected chi connectivity index (χ2v) is 6.20. The van der Waals surface area contributed by atoms with Crippen molar-refractivity contribution in [3.05, 3.63) is 54.3 Å². The molecular formula is C20H23FN2O3. The maximum Gasteiger partial charge on any atom is 0.263 e. The van der Waals surface area contributed by atoms with Gasteiger partial charge in [-0.1, -0.05) is 12.1 Å². The summed E-state index contributed by atoms with van der Waals surface area (Å²) in [5.41, 5.74) is 1.11. The number of amides is 1. The Morgan fingerprint density at radius 3 is 2.31 bits per heavy atom. The van der Waals surface area contributed by atoms with Crippen LogP contribution in [0.5, 0.6) is 11.5 Å². The Hall–Kier alpha value is -2.76. The molecule has 1 heterocycles. The molecule has 1 fully saturated rings. The fourth-order valence-corrected chi connectivity index (χ4v) is 3.02. The van der Waals surface area contributed by atoms with E-state index in [0.717, 1.165) is 24.5 Å². The maximum absolute atomic E-state index is 13.7. The Bertz CT molecular complexity index is 743. The lowest BCUT2D eigenvalue weighted by atomic mass is 10.2. The second-order valence-electron chi connectivity index (χ2n) is 6.20. The minimum absolute atomic E-state index is 0.102. The van der Waals surface area contributed by atoms with Crippen LogP contribution < -0.4 is 14.4 Å². The SMILES string of the molecule is COc1ccc(N2CCN(C(=O)C(C)Oc3ccccc3F)CC2)cc1. The van der Waals surface area contributed by atoms with Gasteiger partial charge >= 0.3 is 0 Å². The van der Waals surface area contributed by atoms with Gasteiger partial charge in [0.25, 0.3) is 5.91 Å². The van der Waals surface area contributed by atoms with Crippen molar-refractivity contribution in [2.24, 2.45) is 0 Å². The van der Waals surface area contributed by atoms with Gasteiger partial charge in [-0.05, 0) is 43.3 Å². The first-order valence-electron chi connectivity index (χ1n) is 8.67. The van der Waals surface area contributed by atoms with Crippen LogP contribution in [0.2, 0.25) is 0 Å². The number of hydrogen-bond acceptors (Lipinski definition) is 4. The number of para-hydroxylation sites is 1. The highest BCUT2D eigenvalue weighted by molar-refractivity contribution is 5.81. The van der Waals surface area contributed by atoms with E-state index in [2.05, 4.69) is 4.90 Å². The lowest BCUT2D eigenvalue weighted by molar-refractivity contribution is -0.138. The number of carbonyl (C=O) groups is 1. The fraction of sp³-hybridized carbons (Fsp3) is 0.350. The van der Waals surface area contributed by atoms with Gasteiger partial charge in [-0.3, -0.25) is 4.79 Å². The van der Waals surface area contributed by atoms with E-state index in [9.17, 15) is 9.18 Å². The zero-order chi connectivity index (χ0) is 18.5. The first-order chi connectivity index (χ1) is 12.6. The summed E-state index contributed by atoms with van der Waals surface area (Å²) >= 11 is 0. The van der Waals surface area contributed by atoms with Gasteiger partial charge in [0, 0.05) is 31.9 Å². The highest BCUT2D eigenvalue weighted by Gasteiger charge is 2.26. The summed E-state index contributed by atoms with van der Waals surface area (Å²) in [7, 11) is 1.64. The van der Waals surface area contributed by atoms with Crippen molar-refractivity contribution < 1.29 is 18.7 Å². The van der Waals surface area contributed by atoms with Crippen LogP contribution in [-0.4, -0.2) is 50.2 Å². The van der Waals surface area contributed by atoms with E-state index in [1.54, 1.807) is 31.1 Å². The summed E-state index contributed by atoms with van der Waals surface area (Å²) in [5, 5.41) is 0. The van der Waals surface area contributed by atoms with Gasteiger partial charge in [-0.2, -0.15) is 0 Å². The van der Waals surface area contributed by atoms with Crippen LogP contribution in [0.3, 0.4) is 0 Å². The molecule has 6 heteroatoms. The van der Waals surface area contributed by atoms with E-state index in [1.807, 2.05) is 24.3 Å². The van der Waals surface area contributed by atoms with Crippen LogP contribution in [0.4, 0.5) is 10.1 Å². The number of piperazine rings is 1. The van der Waals surface area contributed by atoms with Crippen molar-refractivity contribution in [3.8, 4) is 11.5 Å². The molecule has 0 aliphatic carbocycles. The van der Waals surface area contributed by atoms with Crippen molar-refractivity contribution in [1.82, 2.24) is 4.90 Å². The minimum atomic E-state index is -0.723. The Kier molecular flexibility index (Phi) is 5.61. The van der Waals surface area contributed by atoms with Gasteiger partial charge in [0.05, 0.1) is 7.11 Å². The number of ether oxygens (including phenoxy) is 2. The summed E-state index contributed by atoms with van der Waals surface area (Å²) < 4.78 is 24.4. The number of halogens is 1. The van der Waals surface area contributed by atoms with E-state index >= 15 is 0 Å². The van der Waals surface area contributed by atoms with Crippen molar-refractivity contribution >= 4 is 11.6 Å². The Balaban J connectivity index is 1.55. The molecule has 0 spiro atoms. The average molecular weight is 358 g/mol. The van der Waals surface area contributed by atoms with Crippen LogP contribution in [0.1, 0.15) is 6.92 Å². The smallest absolute Gasteiger partial charge is 0.263 e. The largest absolute Gasteiger partial charge is 0.497 e. The standard InChI is InChI=1S/C20H23FN2O3/c1-15(26-19-6-4-3-5-18(19)21)20(24)23-13-11-22(12-14-23)16-7-9-17(25-2)10-8-16/h3-10,15H,11-14H2,1-2H3. The predicted molar refractivity (Wildman–Crippen MR) is 98.3 cm³/mol. The molecule has 1 saturated heterocycles. The van der Waals surface area contributed by atoms with Crippen LogP contribution >= 0.6 is 0 Å². The topological polar surface area (TPSA) is 42.0 Å². The third kappa shape index (κ3) is 4.07. The van der Waals surface area contributed by atoms with Crippen LogP contribution in [0, 0.1) is 5.82 Å². The number of anilines is 1. The van der Waals surface area contributed by atoms with Gasteiger partial charge in [0.2, 0.25) is 0 Å². The van der Waals surface area contributed by atoms with Crippen LogP contribution in [0.25, 0.3) is 0 Å². The van der Waals surface area contributed by atoms with E-state index in [-0.39, 0.29) is 11.7 Å².